The molecular weight excluding hydrogens is 585 g/mol. The zero-order valence-electron chi connectivity index (χ0n) is 25.8. The average molecular weight is 611 g/mol. The number of benzene rings is 7. The third-order valence-electron chi connectivity index (χ3n) is 9.39. The third-order valence-corrected chi connectivity index (χ3v) is 9.39. The summed E-state index contributed by atoms with van der Waals surface area (Å²) in [6.07, 6.45) is 0. The normalized spacial score (nSPS) is 11.3. The summed E-state index contributed by atoms with van der Waals surface area (Å²) in [5.74, 6) is 0. The van der Waals surface area contributed by atoms with Gasteiger partial charge < -0.3 is 9.13 Å². The van der Waals surface area contributed by atoms with E-state index in [4.69, 9.17) is 6.57 Å². The third kappa shape index (κ3) is 4.14. The molecular formula is C44H26N4. The summed E-state index contributed by atoms with van der Waals surface area (Å²) in [5, 5.41) is 14.6. The van der Waals surface area contributed by atoms with E-state index in [-0.39, 0.29) is 0 Å². The highest BCUT2D eigenvalue weighted by molar-refractivity contribution is 6.11. The van der Waals surface area contributed by atoms with Crippen molar-refractivity contribution in [1.29, 1.82) is 5.26 Å². The SMILES string of the molecule is [C-]#[N+]c1ccc2c(c1)c1ccccc1n2-c1ccccc1-c1ccc(C#N)cc1-c1ccc(-n2c3ccccc3c3ccccc32)cc1. The standard InChI is InChI=1S/C44H26N4/c1-46-31-21-25-44-39(27-31)37-13-5-9-17-43(37)48(44)42-16-8-2-10-34(42)33-24-18-29(28-45)26-38(33)30-19-22-32(23-20-30)47-40-14-6-3-11-35(40)36-12-4-7-15-41(36)47/h2-27H. The van der Waals surface area contributed by atoms with Crippen LogP contribution in [-0.4, -0.2) is 9.13 Å². The Labute approximate surface area is 277 Å². The van der Waals surface area contributed by atoms with E-state index in [1.165, 1.54) is 21.8 Å². The minimum atomic E-state index is 0.612. The molecule has 4 heteroatoms. The van der Waals surface area contributed by atoms with Crippen LogP contribution in [0.4, 0.5) is 5.69 Å². The summed E-state index contributed by atoms with van der Waals surface area (Å²) in [4.78, 5) is 3.70. The topological polar surface area (TPSA) is 38.0 Å². The zero-order chi connectivity index (χ0) is 32.2. The number of aromatic nitrogens is 2. The van der Waals surface area contributed by atoms with Crippen LogP contribution in [0.15, 0.2) is 158 Å². The first kappa shape index (κ1) is 27.4. The van der Waals surface area contributed by atoms with Crippen molar-refractivity contribution in [2.24, 2.45) is 0 Å². The molecule has 2 heterocycles. The Kier molecular flexibility index (Phi) is 6.22. The van der Waals surface area contributed by atoms with Gasteiger partial charge >= 0.3 is 0 Å². The molecule has 4 nitrogen and oxygen atoms in total. The van der Waals surface area contributed by atoms with E-state index >= 15 is 0 Å². The molecule has 0 aliphatic carbocycles. The Morgan fingerprint density at radius 3 is 1.73 bits per heavy atom. The monoisotopic (exact) mass is 610 g/mol. The molecule has 0 amide bonds. The lowest BCUT2D eigenvalue weighted by molar-refractivity contribution is 1.18. The molecule has 222 valence electrons. The van der Waals surface area contributed by atoms with Crippen molar-refractivity contribution in [1.82, 2.24) is 9.13 Å². The predicted molar refractivity (Wildman–Crippen MR) is 197 cm³/mol. The van der Waals surface area contributed by atoms with Gasteiger partial charge in [-0.05, 0) is 82.7 Å². The van der Waals surface area contributed by atoms with Gasteiger partial charge in [-0.3, -0.25) is 0 Å². The number of nitrogens with zero attached hydrogens (tertiary/aromatic N) is 4. The van der Waals surface area contributed by atoms with Gasteiger partial charge in [0.15, 0.2) is 5.69 Å². The van der Waals surface area contributed by atoms with Crippen LogP contribution in [0.5, 0.6) is 0 Å². The summed E-state index contributed by atoms with van der Waals surface area (Å²) < 4.78 is 4.61. The van der Waals surface area contributed by atoms with Crippen LogP contribution >= 0.6 is 0 Å². The van der Waals surface area contributed by atoms with Crippen LogP contribution in [0.1, 0.15) is 5.56 Å². The Balaban J connectivity index is 1.24. The van der Waals surface area contributed by atoms with E-state index in [1.807, 2.05) is 36.4 Å². The Hall–Kier alpha value is -6.88. The van der Waals surface area contributed by atoms with Gasteiger partial charge in [0.25, 0.3) is 0 Å². The first-order valence-electron chi connectivity index (χ1n) is 15.9. The molecule has 9 rings (SSSR count). The summed E-state index contributed by atoms with van der Waals surface area (Å²) in [7, 11) is 0. The quantitative estimate of drug-likeness (QED) is 0.183. The van der Waals surface area contributed by atoms with Crippen LogP contribution in [0.3, 0.4) is 0 Å². The number of rotatable bonds is 4. The molecule has 0 spiro atoms. The van der Waals surface area contributed by atoms with Crippen molar-refractivity contribution in [3.8, 4) is 39.7 Å². The van der Waals surface area contributed by atoms with Gasteiger partial charge in [0.2, 0.25) is 0 Å². The molecule has 9 aromatic rings. The molecule has 0 radical (unpaired) electrons. The van der Waals surface area contributed by atoms with E-state index < -0.39 is 0 Å². The second-order valence-corrected chi connectivity index (χ2v) is 12.0. The van der Waals surface area contributed by atoms with Gasteiger partial charge in [-0.1, -0.05) is 97.1 Å². The fourth-order valence-corrected chi connectivity index (χ4v) is 7.26. The lowest BCUT2D eigenvalue weighted by Crippen LogP contribution is -1.98. The van der Waals surface area contributed by atoms with Crippen molar-refractivity contribution in [2.75, 3.05) is 0 Å². The Bertz CT molecular complexity index is 2750. The molecule has 0 fully saturated rings. The number of para-hydroxylation sites is 4. The van der Waals surface area contributed by atoms with Crippen LogP contribution < -0.4 is 0 Å². The first-order chi connectivity index (χ1) is 23.7. The van der Waals surface area contributed by atoms with Crippen molar-refractivity contribution in [3.63, 3.8) is 0 Å². The maximum Gasteiger partial charge on any atom is 0.188 e. The van der Waals surface area contributed by atoms with E-state index in [0.29, 0.717) is 11.3 Å². The van der Waals surface area contributed by atoms with Gasteiger partial charge in [0, 0.05) is 27.4 Å². The summed E-state index contributed by atoms with van der Waals surface area (Å²) >= 11 is 0. The zero-order valence-corrected chi connectivity index (χ0v) is 25.8. The second-order valence-electron chi connectivity index (χ2n) is 12.0. The van der Waals surface area contributed by atoms with Crippen LogP contribution in [-0.2, 0) is 0 Å². The van der Waals surface area contributed by atoms with Crippen LogP contribution in [0.25, 0.3) is 82.1 Å². The molecule has 0 aliphatic rings. The number of fused-ring (bicyclic) bond motifs is 6. The largest absolute Gasteiger partial charge is 0.309 e. The lowest BCUT2D eigenvalue weighted by Gasteiger charge is -2.17. The van der Waals surface area contributed by atoms with E-state index in [0.717, 1.165) is 55.4 Å². The minimum absolute atomic E-state index is 0.612. The second kappa shape index (κ2) is 10.9. The number of hydrogen-bond acceptors (Lipinski definition) is 1. The molecule has 0 bridgehead atoms. The predicted octanol–water partition coefficient (Wildman–Crippen LogP) is 11.6. The van der Waals surface area contributed by atoms with Gasteiger partial charge in [-0.25, -0.2) is 4.85 Å². The highest BCUT2D eigenvalue weighted by Crippen LogP contribution is 2.41. The molecule has 48 heavy (non-hydrogen) atoms. The van der Waals surface area contributed by atoms with Crippen molar-refractivity contribution in [3.05, 3.63) is 175 Å². The highest BCUT2D eigenvalue weighted by Gasteiger charge is 2.19. The molecule has 7 aromatic carbocycles. The molecule has 0 saturated heterocycles. The van der Waals surface area contributed by atoms with Crippen LogP contribution in [0, 0.1) is 17.9 Å². The van der Waals surface area contributed by atoms with E-state index in [1.54, 1.807) is 0 Å². The van der Waals surface area contributed by atoms with Crippen molar-refractivity contribution in [2.45, 2.75) is 0 Å². The molecule has 0 N–H and O–H groups in total. The van der Waals surface area contributed by atoms with Gasteiger partial charge in [-0.15, -0.1) is 0 Å². The summed E-state index contributed by atoms with van der Waals surface area (Å²) in [5.41, 5.74) is 11.9. The molecule has 2 aromatic heterocycles. The van der Waals surface area contributed by atoms with Gasteiger partial charge in [0.05, 0.1) is 46.0 Å². The molecule has 0 unspecified atom stereocenters. The number of nitriles is 1. The maximum absolute atomic E-state index is 9.95. The molecule has 0 aliphatic heterocycles. The minimum Gasteiger partial charge on any atom is -0.309 e. The Morgan fingerprint density at radius 2 is 1.06 bits per heavy atom. The van der Waals surface area contributed by atoms with Crippen LogP contribution in [0.2, 0.25) is 0 Å². The first-order valence-corrected chi connectivity index (χ1v) is 15.9. The van der Waals surface area contributed by atoms with E-state index in [9.17, 15) is 5.26 Å². The van der Waals surface area contributed by atoms with E-state index in [2.05, 4.69) is 141 Å². The van der Waals surface area contributed by atoms with Crippen molar-refractivity contribution >= 4 is 49.3 Å². The fraction of sp³-hybridized carbons (Fsp3) is 0. The molecule has 0 atom stereocenters. The van der Waals surface area contributed by atoms with Gasteiger partial charge in [0.1, 0.15) is 0 Å². The average Bonchev–Trinajstić information content (AvgIpc) is 3.67. The summed E-state index contributed by atoms with van der Waals surface area (Å²) in [6.45, 7) is 7.60. The Morgan fingerprint density at radius 1 is 0.479 bits per heavy atom. The highest BCUT2D eigenvalue weighted by atomic mass is 15.0. The lowest BCUT2D eigenvalue weighted by atomic mass is 9.92. The summed E-state index contributed by atoms with van der Waals surface area (Å²) in [6, 6.07) is 56.8. The molecule has 0 saturated carbocycles. The van der Waals surface area contributed by atoms with Gasteiger partial charge in [-0.2, -0.15) is 5.26 Å². The smallest absolute Gasteiger partial charge is 0.188 e. The number of hydrogen-bond donors (Lipinski definition) is 0. The fourth-order valence-electron chi connectivity index (χ4n) is 7.26. The van der Waals surface area contributed by atoms with Crippen molar-refractivity contribution < 1.29 is 0 Å². The maximum atomic E-state index is 9.95.